The van der Waals surface area contributed by atoms with Crippen LogP contribution in [0, 0.1) is 0 Å². The molecular formula is C21H42O5. The number of hydrogen-bond donors (Lipinski definition) is 3. The standard InChI is InChI=1S/C21H42O5/c1-2-3-4-5-6-7-8-9-10-11-12-13-14-15-16-25-21-20(24)19(23)18(22)17-26-21/h18-24H,2-17H2,1H3/t18-,19+,20-,21-/m1/s1. The van der Waals surface area contributed by atoms with Crippen LogP contribution >= 0.6 is 0 Å². The van der Waals surface area contributed by atoms with Crippen LogP contribution in [0.2, 0.25) is 0 Å². The maximum Gasteiger partial charge on any atom is 0.186 e. The van der Waals surface area contributed by atoms with Crippen molar-refractivity contribution in [3.8, 4) is 0 Å². The highest BCUT2D eigenvalue weighted by atomic mass is 16.7. The van der Waals surface area contributed by atoms with E-state index in [2.05, 4.69) is 6.92 Å². The van der Waals surface area contributed by atoms with Gasteiger partial charge in [0, 0.05) is 6.61 Å². The Morgan fingerprint density at radius 3 is 1.65 bits per heavy atom. The van der Waals surface area contributed by atoms with Crippen LogP contribution in [0.4, 0.5) is 0 Å². The van der Waals surface area contributed by atoms with Crippen LogP contribution < -0.4 is 0 Å². The van der Waals surface area contributed by atoms with Crippen LogP contribution in [0.25, 0.3) is 0 Å². The molecule has 0 spiro atoms. The first-order valence-corrected chi connectivity index (χ1v) is 10.9. The van der Waals surface area contributed by atoms with Crippen molar-refractivity contribution in [2.24, 2.45) is 0 Å². The largest absolute Gasteiger partial charge is 0.388 e. The maximum atomic E-state index is 9.76. The first-order valence-electron chi connectivity index (χ1n) is 10.9. The minimum Gasteiger partial charge on any atom is -0.388 e. The van der Waals surface area contributed by atoms with Gasteiger partial charge in [-0.2, -0.15) is 0 Å². The van der Waals surface area contributed by atoms with Gasteiger partial charge in [0.2, 0.25) is 0 Å². The SMILES string of the molecule is CCCCCCCCCCCCCCCCO[C@@H]1OC[C@@H](O)[C@H](O)[C@H]1O. The van der Waals surface area contributed by atoms with Gasteiger partial charge in [0.15, 0.2) is 6.29 Å². The van der Waals surface area contributed by atoms with Gasteiger partial charge < -0.3 is 24.8 Å². The zero-order chi connectivity index (χ0) is 19.0. The third-order valence-electron chi connectivity index (χ3n) is 5.23. The number of unbranched alkanes of at least 4 members (excludes halogenated alkanes) is 13. The summed E-state index contributed by atoms with van der Waals surface area (Å²) in [6, 6.07) is 0. The molecule has 1 heterocycles. The molecule has 1 aliphatic heterocycles. The molecule has 0 bridgehead atoms. The van der Waals surface area contributed by atoms with Crippen molar-refractivity contribution < 1.29 is 24.8 Å². The number of aliphatic hydroxyl groups excluding tert-OH is 3. The molecule has 5 heteroatoms. The molecule has 1 saturated heterocycles. The van der Waals surface area contributed by atoms with Crippen LogP contribution in [0.3, 0.4) is 0 Å². The van der Waals surface area contributed by atoms with E-state index in [1.807, 2.05) is 0 Å². The molecular weight excluding hydrogens is 332 g/mol. The van der Waals surface area contributed by atoms with E-state index < -0.39 is 24.6 Å². The fraction of sp³-hybridized carbons (Fsp3) is 1.00. The molecule has 1 fully saturated rings. The summed E-state index contributed by atoms with van der Waals surface area (Å²) in [5, 5.41) is 28.7. The summed E-state index contributed by atoms with van der Waals surface area (Å²) in [6.07, 6.45) is 14.1. The molecule has 0 amide bonds. The summed E-state index contributed by atoms with van der Waals surface area (Å²) < 4.78 is 10.7. The van der Waals surface area contributed by atoms with E-state index in [1.54, 1.807) is 0 Å². The van der Waals surface area contributed by atoms with Crippen LogP contribution in [0.1, 0.15) is 96.8 Å². The Bertz CT molecular complexity index is 313. The minimum atomic E-state index is -1.19. The predicted octanol–water partition coefficient (Wildman–Crippen LogP) is 3.92. The van der Waals surface area contributed by atoms with E-state index in [9.17, 15) is 15.3 Å². The van der Waals surface area contributed by atoms with Crippen molar-refractivity contribution in [1.29, 1.82) is 0 Å². The average molecular weight is 375 g/mol. The number of hydrogen-bond acceptors (Lipinski definition) is 5. The first kappa shape index (κ1) is 23.8. The van der Waals surface area contributed by atoms with Crippen LogP contribution in [-0.2, 0) is 9.47 Å². The molecule has 0 unspecified atom stereocenters. The monoisotopic (exact) mass is 374 g/mol. The molecule has 4 atom stereocenters. The quantitative estimate of drug-likeness (QED) is 0.357. The minimum absolute atomic E-state index is 0.00162. The lowest BCUT2D eigenvalue weighted by Crippen LogP contribution is -2.53. The van der Waals surface area contributed by atoms with Crippen molar-refractivity contribution in [2.75, 3.05) is 13.2 Å². The lowest BCUT2D eigenvalue weighted by atomic mass is 10.0. The molecule has 1 aliphatic rings. The van der Waals surface area contributed by atoms with E-state index in [0.717, 1.165) is 12.8 Å². The molecule has 0 aliphatic carbocycles. The van der Waals surface area contributed by atoms with Gasteiger partial charge in [0.25, 0.3) is 0 Å². The smallest absolute Gasteiger partial charge is 0.186 e. The normalized spacial score (nSPS) is 26.3. The Balaban J connectivity index is 1.80. The molecule has 26 heavy (non-hydrogen) atoms. The summed E-state index contributed by atoms with van der Waals surface area (Å²) in [7, 11) is 0. The second-order valence-electron chi connectivity index (χ2n) is 7.72. The molecule has 3 N–H and O–H groups in total. The van der Waals surface area contributed by atoms with Crippen LogP contribution in [-0.4, -0.2) is 53.1 Å². The second kappa shape index (κ2) is 15.8. The van der Waals surface area contributed by atoms with Gasteiger partial charge in [-0.3, -0.25) is 0 Å². The summed E-state index contributed by atoms with van der Waals surface area (Å²) >= 11 is 0. The van der Waals surface area contributed by atoms with Crippen LogP contribution in [0.5, 0.6) is 0 Å². The Morgan fingerprint density at radius 2 is 1.15 bits per heavy atom. The fourth-order valence-electron chi connectivity index (χ4n) is 3.42. The average Bonchev–Trinajstić information content (AvgIpc) is 2.64. The van der Waals surface area contributed by atoms with E-state index in [1.165, 1.54) is 77.0 Å². The summed E-state index contributed by atoms with van der Waals surface area (Å²) in [4.78, 5) is 0. The molecule has 0 aromatic carbocycles. The number of ether oxygens (including phenoxy) is 2. The Labute approximate surface area is 160 Å². The highest BCUT2D eigenvalue weighted by molar-refractivity contribution is 4.82. The van der Waals surface area contributed by atoms with E-state index in [0.29, 0.717) is 6.61 Å². The molecule has 0 aromatic rings. The van der Waals surface area contributed by atoms with Crippen molar-refractivity contribution in [3.63, 3.8) is 0 Å². The van der Waals surface area contributed by atoms with Gasteiger partial charge >= 0.3 is 0 Å². The van der Waals surface area contributed by atoms with Crippen molar-refractivity contribution >= 4 is 0 Å². The lowest BCUT2D eigenvalue weighted by molar-refractivity contribution is -0.270. The molecule has 0 radical (unpaired) electrons. The maximum absolute atomic E-state index is 9.76. The summed E-state index contributed by atoms with van der Waals surface area (Å²) in [5.74, 6) is 0. The Kier molecular flexibility index (Phi) is 14.5. The molecule has 156 valence electrons. The third-order valence-corrected chi connectivity index (χ3v) is 5.23. The number of rotatable bonds is 16. The zero-order valence-electron chi connectivity index (χ0n) is 16.8. The van der Waals surface area contributed by atoms with Crippen molar-refractivity contribution in [1.82, 2.24) is 0 Å². The Hall–Kier alpha value is -0.200. The van der Waals surface area contributed by atoms with E-state index in [4.69, 9.17) is 9.47 Å². The second-order valence-corrected chi connectivity index (χ2v) is 7.72. The first-order chi connectivity index (χ1) is 12.7. The highest BCUT2D eigenvalue weighted by Gasteiger charge is 2.37. The lowest BCUT2D eigenvalue weighted by Gasteiger charge is -2.34. The fourth-order valence-corrected chi connectivity index (χ4v) is 3.42. The van der Waals surface area contributed by atoms with Gasteiger partial charge in [-0.15, -0.1) is 0 Å². The third kappa shape index (κ3) is 10.8. The molecule has 1 rings (SSSR count). The summed E-state index contributed by atoms with van der Waals surface area (Å²) in [5.41, 5.74) is 0. The van der Waals surface area contributed by atoms with Gasteiger partial charge in [0.1, 0.15) is 18.3 Å². The van der Waals surface area contributed by atoms with Gasteiger partial charge in [0.05, 0.1) is 6.61 Å². The highest BCUT2D eigenvalue weighted by Crippen LogP contribution is 2.17. The van der Waals surface area contributed by atoms with E-state index in [-0.39, 0.29) is 6.61 Å². The van der Waals surface area contributed by atoms with Gasteiger partial charge in [-0.1, -0.05) is 90.4 Å². The van der Waals surface area contributed by atoms with Crippen molar-refractivity contribution in [2.45, 2.75) is 121 Å². The topological polar surface area (TPSA) is 79.2 Å². The molecule has 5 nitrogen and oxygen atoms in total. The predicted molar refractivity (Wildman–Crippen MR) is 104 cm³/mol. The number of aliphatic hydroxyl groups is 3. The zero-order valence-corrected chi connectivity index (χ0v) is 16.8. The molecule has 0 saturated carbocycles. The van der Waals surface area contributed by atoms with Gasteiger partial charge in [-0.05, 0) is 6.42 Å². The van der Waals surface area contributed by atoms with Crippen LogP contribution in [0.15, 0.2) is 0 Å². The molecule has 0 aromatic heterocycles. The van der Waals surface area contributed by atoms with Crippen molar-refractivity contribution in [3.05, 3.63) is 0 Å². The van der Waals surface area contributed by atoms with E-state index >= 15 is 0 Å². The summed E-state index contributed by atoms with van der Waals surface area (Å²) in [6.45, 7) is 2.78. The Morgan fingerprint density at radius 1 is 0.692 bits per heavy atom. The van der Waals surface area contributed by atoms with Gasteiger partial charge in [-0.25, -0.2) is 0 Å².